The number of aromatic hydroxyl groups is 1. The van der Waals surface area contributed by atoms with Crippen molar-refractivity contribution < 1.29 is 67.1 Å². The topological polar surface area (TPSA) is 95.9 Å². The number of hydrogen-bond donors (Lipinski definition) is 1. The highest BCUT2D eigenvalue weighted by Gasteiger charge is 2.83. The van der Waals surface area contributed by atoms with E-state index in [1.165, 1.54) is 14.7 Å². The van der Waals surface area contributed by atoms with Gasteiger partial charge in [-0.1, -0.05) is 72.8 Å². The lowest BCUT2D eigenvalue weighted by Crippen LogP contribution is -2.63. The Kier molecular flexibility index (Phi) is 12.5. The predicted octanol–water partition coefficient (Wildman–Crippen LogP) is 9.61. The molecule has 288 valence electrons. The molecule has 0 aromatic heterocycles. The van der Waals surface area contributed by atoms with Crippen LogP contribution in [0.25, 0.3) is 11.1 Å². The maximum absolute atomic E-state index is 12.2. The van der Waals surface area contributed by atoms with E-state index in [1.807, 2.05) is 36.4 Å². The van der Waals surface area contributed by atoms with Gasteiger partial charge in [-0.3, -0.25) is 0 Å². The smallest absolute Gasteiger partial charge is 0.460 e. The monoisotopic (exact) mass is 804 g/mol. The lowest BCUT2D eigenvalue weighted by atomic mass is 9.94. The zero-order valence-electron chi connectivity index (χ0n) is 27.9. The van der Waals surface area contributed by atoms with Gasteiger partial charge < -0.3 is 19.1 Å². The maximum atomic E-state index is 12.2. The van der Waals surface area contributed by atoms with Crippen LogP contribution in [0, 0.1) is 0 Å². The van der Waals surface area contributed by atoms with Crippen LogP contribution in [-0.4, -0.2) is 55.6 Å². The highest BCUT2D eigenvalue weighted by atomic mass is 32.2. The number of halogens is 9. The van der Waals surface area contributed by atoms with E-state index in [4.69, 9.17) is 9.47 Å². The molecule has 6 nitrogen and oxygen atoms in total. The van der Waals surface area contributed by atoms with Gasteiger partial charge in [0.05, 0.1) is 10.9 Å². The summed E-state index contributed by atoms with van der Waals surface area (Å²) in [6, 6.07) is 45.1. The van der Waals surface area contributed by atoms with Crippen molar-refractivity contribution >= 4 is 21.0 Å². The van der Waals surface area contributed by atoms with Crippen LogP contribution in [-0.2, 0) is 36.3 Å². The molecule has 0 spiro atoms. The molecule has 0 aliphatic rings. The molecule has 0 radical (unpaired) electrons. The Morgan fingerprint density at radius 2 is 0.889 bits per heavy atom. The summed E-state index contributed by atoms with van der Waals surface area (Å²) in [6.07, 6.45) is -7.16. The summed E-state index contributed by atoms with van der Waals surface area (Å²) in [4.78, 5) is 3.77. The maximum Gasteiger partial charge on any atom is 0.460 e. The Bertz CT molecular complexity index is 2040. The molecule has 0 aliphatic heterocycles. The number of ether oxygens (including phenoxy) is 2. The van der Waals surface area contributed by atoms with E-state index in [-0.39, 0.29) is 16.6 Å². The summed E-state index contributed by atoms with van der Waals surface area (Å²) in [5, 5.41) is 2.48. The minimum absolute atomic E-state index is 0.224. The average Bonchev–Trinajstić information content (AvgIpc) is 3.14. The molecule has 0 heterocycles. The van der Waals surface area contributed by atoms with Crippen molar-refractivity contribution in [1.29, 1.82) is 0 Å². The summed E-state index contributed by atoms with van der Waals surface area (Å²) in [5.74, 6) is -15.6. The third-order valence-electron chi connectivity index (χ3n) is 7.90. The summed E-state index contributed by atoms with van der Waals surface area (Å²) < 4.78 is 148. The molecule has 0 unspecified atom stereocenters. The molecule has 54 heavy (non-hydrogen) atoms. The fourth-order valence-corrected chi connectivity index (χ4v) is 7.63. The quantitative estimate of drug-likeness (QED) is 0.0619. The standard InChI is InChI=1S/C33H28O3S.C4HF9O3S/c1-35-33(36-2,27-17-13-25(14-18-27)26-15-21-29(34)22-16-26)28-19-23-32(24-20-28)37(30-9-5-3-6-10-30)31-11-7-4-8-12-31;5-1(6,3(9,10)11)2(7,8)4(12,13)17(14,15)16/h3-24H,1-2H3;(H,14,15,16). The third kappa shape index (κ3) is 8.24. The first-order valence-corrected chi connectivity index (χ1v) is 17.9. The minimum Gasteiger partial charge on any atom is -0.743 e. The summed E-state index contributed by atoms with van der Waals surface area (Å²) >= 11 is 0. The number of alkyl halides is 9. The van der Waals surface area contributed by atoms with Gasteiger partial charge in [-0.05, 0) is 71.8 Å². The van der Waals surface area contributed by atoms with Crippen molar-refractivity contribution in [2.24, 2.45) is 0 Å². The molecular weight excluding hydrogens is 776 g/mol. The van der Waals surface area contributed by atoms with Crippen LogP contribution in [0.15, 0.2) is 148 Å². The van der Waals surface area contributed by atoms with Crippen molar-refractivity contribution in [1.82, 2.24) is 0 Å². The molecule has 0 saturated heterocycles. The van der Waals surface area contributed by atoms with E-state index in [1.54, 1.807) is 26.4 Å². The van der Waals surface area contributed by atoms with E-state index in [2.05, 4.69) is 84.9 Å². The van der Waals surface area contributed by atoms with Crippen LogP contribution in [0.3, 0.4) is 0 Å². The third-order valence-corrected chi connectivity index (χ3v) is 11.0. The zero-order chi connectivity index (χ0) is 40.2. The summed E-state index contributed by atoms with van der Waals surface area (Å²) in [6.45, 7) is 0. The van der Waals surface area contributed by atoms with Crippen molar-refractivity contribution in [3.8, 4) is 16.9 Å². The Labute approximate surface area is 306 Å². The van der Waals surface area contributed by atoms with Gasteiger partial charge in [0.15, 0.2) is 24.8 Å². The Morgan fingerprint density at radius 3 is 1.24 bits per heavy atom. The van der Waals surface area contributed by atoms with Crippen molar-refractivity contribution in [2.45, 2.75) is 43.7 Å². The average molecular weight is 805 g/mol. The largest absolute Gasteiger partial charge is 0.743 e. The van der Waals surface area contributed by atoms with Crippen LogP contribution in [0.1, 0.15) is 11.1 Å². The number of hydrogen-bond acceptors (Lipinski definition) is 6. The lowest BCUT2D eigenvalue weighted by molar-refractivity contribution is -0.382. The molecule has 0 bridgehead atoms. The van der Waals surface area contributed by atoms with E-state index in [0.29, 0.717) is 0 Å². The minimum atomic E-state index is -7.43. The van der Waals surface area contributed by atoms with Crippen molar-refractivity contribution in [2.75, 3.05) is 14.2 Å². The molecule has 0 fully saturated rings. The Morgan fingerprint density at radius 1 is 0.537 bits per heavy atom. The molecule has 5 aromatic rings. The predicted molar refractivity (Wildman–Crippen MR) is 180 cm³/mol. The van der Waals surface area contributed by atoms with Crippen molar-refractivity contribution in [3.05, 3.63) is 145 Å². The molecule has 5 aromatic carbocycles. The molecule has 0 aliphatic carbocycles. The Balaban J connectivity index is 0.000000324. The first-order valence-electron chi connectivity index (χ1n) is 15.3. The van der Waals surface area contributed by atoms with Gasteiger partial charge in [0.1, 0.15) is 5.75 Å². The molecule has 1 N–H and O–H groups in total. The molecule has 0 atom stereocenters. The van der Waals surface area contributed by atoms with Gasteiger partial charge in [0, 0.05) is 25.3 Å². The SMILES string of the molecule is COC(OC)(c1ccc(-c2ccc(O)cc2)cc1)c1ccc([S+](c2ccccc2)c2ccccc2)cc1.O=S(=O)([O-])C(F)(F)C(F)(F)C(F)(F)C(F)(F)F. The lowest BCUT2D eigenvalue weighted by Gasteiger charge is -2.34. The zero-order valence-corrected chi connectivity index (χ0v) is 29.5. The van der Waals surface area contributed by atoms with Crippen LogP contribution in [0.2, 0.25) is 0 Å². The Hall–Kier alpha value is -4.55. The first-order chi connectivity index (χ1) is 25.1. The first kappa shape index (κ1) is 42.2. The normalized spacial score (nSPS) is 13.0. The summed E-state index contributed by atoms with van der Waals surface area (Å²) in [7, 11) is -4.30. The summed E-state index contributed by atoms with van der Waals surface area (Å²) in [5.41, 5.74) is 3.90. The van der Waals surface area contributed by atoms with E-state index < -0.39 is 39.2 Å². The molecule has 0 amide bonds. The van der Waals surface area contributed by atoms with Gasteiger partial charge in [-0.25, -0.2) is 8.42 Å². The van der Waals surface area contributed by atoms with Crippen LogP contribution in [0.4, 0.5) is 39.5 Å². The second-order valence-corrected chi connectivity index (χ2v) is 14.7. The van der Waals surface area contributed by atoms with Gasteiger partial charge >= 0.3 is 23.3 Å². The molecule has 17 heteroatoms. The van der Waals surface area contributed by atoms with E-state index in [0.717, 1.165) is 22.3 Å². The van der Waals surface area contributed by atoms with Gasteiger partial charge in [0.25, 0.3) is 0 Å². The second kappa shape index (κ2) is 16.0. The fraction of sp³-hybridized carbons (Fsp3) is 0.189. The molecule has 0 saturated carbocycles. The highest BCUT2D eigenvalue weighted by molar-refractivity contribution is 7.97. The number of methoxy groups -OCH3 is 2. The second-order valence-electron chi connectivity index (χ2n) is 11.2. The number of phenols is 1. The van der Waals surface area contributed by atoms with Gasteiger partial charge in [-0.15, -0.1) is 0 Å². The van der Waals surface area contributed by atoms with E-state index >= 15 is 0 Å². The highest BCUT2D eigenvalue weighted by Crippen LogP contribution is 2.54. The molecular formula is C37H29F9O6S2. The van der Waals surface area contributed by atoms with Gasteiger partial charge in [-0.2, -0.15) is 39.5 Å². The van der Waals surface area contributed by atoms with Crippen LogP contribution < -0.4 is 0 Å². The van der Waals surface area contributed by atoms with Crippen LogP contribution >= 0.6 is 0 Å². The number of phenolic OH excluding ortho intramolecular Hbond substituents is 1. The fourth-order valence-electron chi connectivity index (χ4n) is 5.11. The number of rotatable bonds is 11. The number of benzene rings is 5. The van der Waals surface area contributed by atoms with Crippen LogP contribution in [0.5, 0.6) is 5.75 Å². The van der Waals surface area contributed by atoms with Crippen molar-refractivity contribution in [3.63, 3.8) is 0 Å². The van der Waals surface area contributed by atoms with Gasteiger partial charge in [0.2, 0.25) is 5.79 Å². The van der Waals surface area contributed by atoms with E-state index in [9.17, 15) is 57.6 Å². The molecule has 5 rings (SSSR count).